The summed E-state index contributed by atoms with van der Waals surface area (Å²) in [7, 11) is 1.64. The third-order valence-electron chi connectivity index (χ3n) is 5.64. The van der Waals surface area contributed by atoms with Crippen LogP contribution in [0.15, 0.2) is 29.4 Å². The normalized spacial score (nSPS) is 23.8. The lowest BCUT2D eigenvalue weighted by Gasteiger charge is -2.45. The van der Waals surface area contributed by atoms with Gasteiger partial charge in [0.25, 0.3) is 0 Å². The predicted molar refractivity (Wildman–Crippen MR) is 99.7 cm³/mol. The van der Waals surface area contributed by atoms with E-state index in [9.17, 15) is 4.79 Å². The second-order valence-corrected chi connectivity index (χ2v) is 8.10. The molecule has 0 radical (unpaired) electrons. The molecule has 0 bridgehead atoms. The Morgan fingerprint density at radius 2 is 2.00 bits per heavy atom. The van der Waals surface area contributed by atoms with Gasteiger partial charge >= 0.3 is 0 Å². The number of Topliss-reactive ketones (excluding diaryl/α,β-unsaturated/α-hetero) is 1. The zero-order valence-corrected chi connectivity index (χ0v) is 15.8. The van der Waals surface area contributed by atoms with Crippen LogP contribution < -0.4 is 4.74 Å². The highest BCUT2D eigenvalue weighted by molar-refractivity contribution is 5.91. The topological polar surface area (TPSA) is 75.1 Å². The van der Waals surface area contributed by atoms with Gasteiger partial charge in [0.15, 0.2) is 0 Å². The molecule has 136 valence electrons. The minimum Gasteiger partial charge on any atom is -0.497 e. The summed E-state index contributed by atoms with van der Waals surface area (Å²) < 4.78 is 5.26. The van der Waals surface area contributed by atoms with Crippen molar-refractivity contribution in [1.82, 2.24) is 0 Å². The Morgan fingerprint density at radius 1 is 1.32 bits per heavy atom. The number of benzene rings is 1. The third kappa shape index (κ3) is 4.35. The largest absolute Gasteiger partial charge is 0.497 e. The quantitative estimate of drug-likeness (QED) is 0.298. The highest BCUT2D eigenvalue weighted by Gasteiger charge is 2.46. The van der Waals surface area contributed by atoms with E-state index in [0.717, 1.165) is 37.0 Å². The van der Waals surface area contributed by atoms with Crippen LogP contribution in [0.25, 0.3) is 10.4 Å². The number of hydrogen-bond acceptors (Lipinski definition) is 3. The first-order valence-corrected chi connectivity index (χ1v) is 9.02. The first-order chi connectivity index (χ1) is 11.8. The Labute approximate surface area is 150 Å². The fraction of sp³-hybridized carbons (Fsp3) is 0.650. The van der Waals surface area contributed by atoms with Crippen molar-refractivity contribution >= 4 is 5.78 Å². The van der Waals surface area contributed by atoms with Crippen LogP contribution in [-0.2, 0) is 10.2 Å². The summed E-state index contributed by atoms with van der Waals surface area (Å²) in [4.78, 5) is 15.9. The number of rotatable bonds is 6. The van der Waals surface area contributed by atoms with Crippen molar-refractivity contribution in [3.63, 3.8) is 0 Å². The molecule has 0 unspecified atom stereocenters. The summed E-state index contributed by atoms with van der Waals surface area (Å²) in [6.07, 6.45) is 3.88. The Morgan fingerprint density at radius 3 is 2.56 bits per heavy atom. The van der Waals surface area contributed by atoms with Crippen molar-refractivity contribution in [1.29, 1.82) is 0 Å². The molecule has 0 saturated heterocycles. The molecule has 0 aliphatic heterocycles. The summed E-state index contributed by atoms with van der Waals surface area (Å²) in [5.41, 5.74) is 9.27. The summed E-state index contributed by atoms with van der Waals surface area (Å²) >= 11 is 0. The molecular formula is C20H29N3O2. The summed E-state index contributed by atoms with van der Waals surface area (Å²) in [5.74, 6) is 1.61. The van der Waals surface area contributed by atoms with Crippen LogP contribution in [0.1, 0.15) is 58.4 Å². The molecule has 1 fully saturated rings. The van der Waals surface area contributed by atoms with Crippen molar-refractivity contribution in [2.45, 2.75) is 58.3 Å². The molecular weight excluding hydrogens is 314 g/mol. The van der Waals surface area contributed by atoms with Crippen molar-refractivity contribution in [3.05, 3.63) is 40.3 Å². The standard InChI is InChI=1S/C20H29N3O2/c1-19(2,3)16-8-11-18(24)20(14-16,12-5-13-22-23-21)15-6-9-17(25-4)10-7-15/h6-7,9-10,16H,5,8,11-14H2,1-4H3/t16-,20+/m0/s1. The van der Waals surface area contributed by atoms with Gasteiger partial charge in [-0.25, -0.2) is 0 Å². The van der Waals surface area contributed by atoms with E-state index in [1.165, 1.54) is 0 Å². The number of carbonyl (C=O) groups excluding carboxylic acids is 1. The van der Waals surface area contributed by atoms with Crippen LogP contribution in [0.4, 0.5) is 0 Å². The molecule has 0 N–H and O–H groups in total. The number of methoxy groups -OCH3 is 1. The summed E-state index contributed by atoms with van der Waals surface area (Å²) in [6, 6.07) is 7.90. The van der Waals surface area contributed by atoms with Gasteiger partial charge in [0.1, 0.15) is 11.5 Å². The second kappa shape index (κ2) is 7.92. The lowest BCUT2D eigenvalue weighted by atomic mass is 9.58. The van der Waals surface area contributed by atoms with E-state index >= 15 is 0 Å². The number of azide groups is 1. The molecule has 5 nitrogen and oxygen atoms in total. The zero-order valence-electron chi connectivity index (χ0n) is 15.8. The van der Waals surface area contributed by atoms with E-state index < -0.39 is 5.41 Å². The van der Waals surface area contributed by atoms with Crippen molar-refractivity contribution in [3.8, 4) is 5.75 Å². The monoisotopic (exact) mass is 343 g/mol. The Balaban J connectivity index is 2.38. The van der Waals surface area contributed by atoms with Gasteiger partial charge < -0.3 is 4.74 Å². The molecule has 0 spiro atoms. The molecule has 1 saturated carbocycles. The molecule has 5 heteroatoms. The van der Waals surface area contributed by atoms with Gasteiger partial charge in [0.2, 0.25) is 0 Å². The van der Waals surface area contributed by atoms with Crippen molar-refractivity contribution in [2.24, 2.45) is 16.4 Å². The number of ketones is 1. The lowest BCUT2D eigenvalue weighted by Crippen LogP contribution is -2.44. The zero-order chi connectivity index (χ0) is 18.5. The predicted octanol–water partition coefficient (Wildman–Crippen LogP) is 5.44. The van der Waals surface area contributed by atoms with Crippen LogP contribution in [-0.4, -0.2) is 19.4 Å². The molecule has 0 amide bonds. The molecule has 25 heavy (non-hydrogen) atoms. The van der Waals surface area contributed by atoms with E-state index in [-0.39, 0.29) is 5.41 Å². The van der Waals surface area contributed by atoms with Gasteiger partial charge in [0, 0.05) is 17.9 Å². The molecule has 1 aliphatic carbocycles. The third-order valence-corrected chi connectivity index (χ3v) is 5.64. The van der Waals surface area contributed by atoms with E-state index in [4.69, 9.17) is 10.3 Å². The van der Waals surface area contributed by atoms with Gasteiger partial charge in [-0.15, -0.1) is 0 Å². The van der Waals surface area contributed by atoms with Crippen molar-refractivity contribution in [2.75, 3.05) is 13.7 Å². The van der Waals surface area contributed by atoms with Gasteiger partial charge in [-0.1, -0.05) is 38.0 Å². The summed E-state index contributed by atoms with van der Waals surface area (Å²) in [6.45, 7) is 7.20. The molecule has 0 heterocycles. The van der Waals surface area contributed by atoms with Crippen LogP contribution >= 0.6 is 0 Å². The summed E-state index contributed by atoms with van der Waals surface area (Å²) in [5, 5.41) is 3.65. The van der Waals surface area contributed by atoms with Gasteiger partial charge in [0.05, 0.1) is 12.5 Å². The van der Waals surface area contributed by atoms with Gasteiger partial charge in [-0.2, -0.15) is 0 Å². The van der Waals surface area contributed by atoms with Crippen LogP contribution in [0.3, 0.4) is 0 Å². The smallest absolute Gasteiger partial charge is 0.143 e. The average Bonchev–Trinajstić information content (AvgIpc) is 2.59. The van der Waals surface area contributed by atoms with Crippen molar-refractivity contribution < 1.29 is 9.53 Å². The molecule has 2 atom stereocenters. The SMILES string of the molecule is COc1ccc([C@@]2(CCCN=[N+]=[N-])C[C@@H](C(C)(C)C)CCC2=O)cc1. The Kier molecular flexibility index (Phi) is 6.12. The van der Waals surface area contributed by atoms with E-state index in [1.807, 2.05) is 24.3 Å². The maximum Gasteiger partial charge on any atom is 0.143 e. The fourth-order valence-electron chi connectivity index (χ4n) is 3.99. The van der Waals surface area contributed by atoms with E-state index in [1.54, 1.807) is 7.11 Å². The van der Waals surface area contributed by atoms with Gasteiger partial charge in [-0.3, -0.25) is 4.79 Å². The number of nitrogens with zero attached hydrogens (tertiary/aromatic N) is 3. The minimum absolute atomic E-state index is 0.170. The number of ether oxygens (including phenoxy) is 1. The number of hydrogen-bond donors (Lipinski definition) is 0. The fourth-order valence-corrected chi connectivity index (χ4v) is 3.99. The Bertz CT molecular complexity index is 642. The molecule has 0 aromatic heterocycles. The lowest BCUT2D eigenvalue weighted by molar-refractivity contribution is -0.129. The first kappa shape index (κ1) is 19.3. The highest BCUT2D eigenvalue weighted by Crippen LogP contribution is 2.48. The maximum atomic E-state index is 13.1. The van der Waals surface area contributed by atoms with Crippen LogP contribution in [0.5, 0.6) is 5.75 Å². The maximum absolute atomic E-state index is 13.1. The Hall–Kier alpha value is -2.00. The van der Waals surface area contributed by atoms with Gasteiger partial charge in [-0.05, 0) is 60.2 Å². The molecule has 1 aromatic carbocycles. The van der Waals surface area contributed by atoms with Crippen LogP contribution in [0, 0.1) is 11.3 Å². The average molecular weight is 343 g/mol. The molecule has 1 aliphatic rings. The second-order valence-electron chi connectivity index (χ2n) is 8.10. The van der Waals surface area contributed by atoms with E-state index in [0.29, 0.717) is 24.7 Å². The first-order valence-electron chi connectivity index (χ1n) is 9.02. The van der Waals surface area contributed by atoms with Crippen LogP contribution in [0.2, 0.25) is 0 Å². The molecule has 2 rings (SSSR count). The number of carbonyl (C=O) groups is 1. The van der Waals surface area contributed by atoms with E-state index in [2.05, 4.69) is 30.8 Å². The minimum atomic E-state index is -0.479. The highest BCUT2D eigenvalue weighted by atomic mass is 16.5. The molecule has 1 aromatic rings.